The maximum atomic E-state index is 11.7. The number of phenolic OH excluding ortho intramolecular Hbond substituents is 2. The summed E-state index contributed by atoms with van der Waals surface area (Å²) in [6.07, 6.45) is 0.656. The van der Waals surface area contributed by atoms with Crippen LogP contribution in [0.3, 0.4) is 0 Å². The highest BCUT2D eigenvalue weighted by atomic mass is 16.3. The van der Waals surface area contributed by atoms with Crippen molar-refractivity contribution in [2.75, 3.05) is 0 Å². The topological polar surface area (TPSA) is 57.5 Å². The molecule has 0 saturated carbocycles. The summed E-state index contributed by atoms with van der Waals surface area (Å²) in [7, 11) is 0. The van der Waals surface area contributed by atoms with Crippen molar-refractivity contribution in [2.45, 2.75) is 20.3 Å². The van der Waals surface area contributed by atoms with Crippen molar-refractivity contribution in [1.29, 1.82) is 0 Å². The Morgan fingerprint density at radius 1 is 1.43 bits per heavy atom. The molecule has 0 saturated heterocycles. The van der Waals surface area contributed by atoms with Crippen LogP contribution in [-0.2, 0) is 6.42 Å². The minimum Gasteiger partial charge on any atom is -0.504 e. The van der Waals surface area contributed by atoms with Crippen LogP contribution in [0.15, 0.2) is 6.07 Å². The molecule has 0 fully saturated rings. The highest BCUT2D eigenvalue weighted by molar-refractivity contribution is 6.04. The second kappa shape index (κ2) is 2.74. The van der Waals surface area contributed by atoms with Gasteiger partial charge >= 0.3 is 0 Å². The maximum Gasteiger partial charge on any atom is 0.166 e. The van der Waals surface area contributed by atoms with Crippen molar-refractivity contribution in [3.8, 4) is 11.5 Å². The van der Waals surface area contributed by atoms with Crippen LogP contribution in [0, 0.1) is 12.8 Å². The van der Waals surface area contributed by atoms with E-state index in [0.29, 0.717) is 17.5 Å². The Hall–Kier alpha value is -1.51. The zero-order valence-electron chi connectivity index (χ0n) is 8.16. The first-order valence-corrected chi connectivity index (χ1v) is 4.61. The second-order valence-corrected chi connectivity index (χ2v) is 3.87. The van der Waals surface area contributed by atoms with E-state index in [9.17, 15) is 15.0 Å². The number of benzene rings is 1. The fraction of sp³-hybridized carbons (Fsp3) is 0.364. The van der Waals surface area contributed by atoms with Crippen LogP contribution in [0.2, 0.25) is 0 Å². The summed E-state index contributed by atoms with van der Waals surface area (Å²) in [4.78, 5) is 11.7. The van der Waals surface area contributed by atoms with E-state index in [1.807, 2.05) is 6.92 Å². The van der Waals surface area contributed by atoms with Crippen molar-refractivity contribution in [2.24, 2.45) is 5.92 Å². The van der Waals surface area contributed by atoms with E-state index in [1.165, 1.54) is 6.07 Å². The predicted molar refractivity (Wildman–Crippen MR) is 51.7 cm³/mol. The van der Waals surface area contributed by atoms with Gasteiger partial charge in [-0.25, -0.2) is 0 Å². The number of rotatable bonds is 0. The minimum absolute atomic E-state index is 0.0371. The van der Waals surface area contributed by atoms with Crippen molar-refractivity contribution >= 4 is 5.78 Å². The predicted octanol–water partition coefficient (Wildman–Crippen LogP) is 1.78. The molecule has 0 amide bonds. The molecule has 1 aliphatic rings. The Labute approximate surface area is 82.0 Å². The van der Waals surface area contributed by atoms with Crippen LogP contribution in [0.1, 0.15) is 28.4 Å². The van der Waals surface area contributed by atoms with Crippen LogP contribution in [0.4, 0.5) is 0 Å². The molecule has 14 heavy (non-hydrogen) atoms. The zero-order chi connectivity index (χ0) is 10.5. The average molecular weight is 192 g/mol. The Bertz CT molecular complexity index is 421. The van der Waals surface area contributed by atoms with Gasteiger partial charge in [0, 0.05) is 17.0 Å². The molecule has 3 nitrogen and oxygen atoms in total. The number of Topliss-reactive ketones (excluding diaryl/α,β-unsaturated/α-hetero) is 1. The summed E-state index contributed by atoms with van der Waals surface area (Å²) in [5.74, 6) is -0.285. The van der Waals surface area contributed by atoms with Gasteiger partial charge in [-0.05, 0) is 25.0 Å². The lowest BCUT2D eigenvalue weighted by Gasteiger charge is -2.06. The van der Waals surface area contributed by atoms with E-state index in [2.05, 4.69) is 0 Å². The van der Waals surface area contributed by atoms with Gasteiger partial charge in [0.1, 0.15) is 0 Å². The number of carbonyl (C=O) groups excluding carboxylic acids is 1. The van der Waals surface area contributed by atoms with Crippen LogP contribution < -0.4 is 0 Å². The van der Waals surface area contributed by atoms with Gasteiger partial charge in [0.25, 0.3) is 0 Å². The van der Waals surface area contributed by atoms with Crippen LogP contribution in [0.25, 0.3) is 0 Å². The first-order chi connectivity index (χ1) is 6.52. The van der Waals surface area contributed by atoms with Gasteiger partial charge in [0.05, 0.1) is 0 Å². The van der Waals surface area contributed by atoms with Gasteiger partial charge in [0.15, 0.2) is 17.3 Å². The summed E-state index contributed by atoms with van der Waals surface area (Å²) in [5, 5.41) is 18.8. The smallest absolute Gasteiger partial charge is 0.166 e. The summed E-state index contributed by atoms with van der Waals surface area (Å²) < 4.78 is 0. The molecule has 0 heterocycles. The summed E-state index contributed by atoms with van der Waals surface area (Å²) in [6.45, 7) is 3.51. The molecule has 3 heteroatoms. The van der Waals surface area contributed by atoms with Crippen LogP contribution in [0.5, 0.6) is 11.5 Å². The van der Waals surface area contributed by atoms with Gasteiger partial charge in [-0.3, -0.25) is 4.79 Å². The molecule has 1 atom stereocenters. The molecule has 0 radical (unpaired) electrons. The molecule has 1 aliphatic carbocycles. The number of carbonyl (C=O) groups is 1. The lowest BCUT2D eigenvalue weighted by Crippen LogP contribution is -2.04. The number of aromatic hydroxyl groups is 2. The molecule has 0 spiro atoms. The van der Waals surface area contributed by atoms with Crippen LogP contribution in [-0.4, -0.2) is 16.0 Å². The minimum atomic E-state index is -0.175. The van der Waals surface area contributed by atoms with Crippen molar-refractivity contribution in [1.82, 2.24) is 0 Å². The quantitative estimate of drug-likeness (QED) is 0.616. The maximum absolute atomic E-state index is 11.7. The normalized spacial score (nSPS) is 19.9. The Morgan fingerprint density at radius 2 is 2.07 bits per heavy atom. The molecule has 74 valence electrons. The lowest BCUT2D eigenvalue weighted by molar-refractivity contribution is 0.0945. The molecule has 0 unspecified atom stereocenters. The van der Waals surface area contributed by atoms with E-state index in [4.69, 9.17) is 0 Å². The van der Waals surface area contributed by atoms with Crippen molar-refractivity contribution in [3.63, 3.8) is 0 Å². The number of hydrogen-bond acceptors (Lipinski definition) is 3. The number of ketones is 1. The molecule has 0 aromatic heterocycles. The van der Waals surface area contributed by atoms with E-state index in [0.717, 1.165) is 5.56 Å². The molecular formula is C11H12O3. The first kappa shape index (κ1) is 9.06. The van der Waals surface area contributed by atoms with Gasteiger partial charge in [-0.1, -0.05) is 6.92 Å². The monoisotopic (exact) mass is 192 g/mol. The summed E-state index contributed by atoms with van der Waals surface area (Å²) in [6, 6.07) is 1.49. The number of hydrogen-bond donors (Lipinski definition) is 2. The zero-order valence-corrected chi connectivity index (χ0v) is 8.16. The molecule has 2 N–H and O–H groups in total. The highest BCUT2D eigenvalue weighted by Crippen LogP contribution is 2.39. The third-order valence-electron chi connectivity index (χ3n) is 2.82. The van der Waals surface area contributed by atoms with E-state index < -0.39 is 0 Å². The van der Waals surface area contributed by atoms with Crippen LogP contribution >= 0.6 is 0 Å². The second-order valence-electron chi connectivity index (χ2n) is 3.87. The van der Waals surface area contributed by atoms with Gasteiger partial charge in [0.2, 0.25) is 0 Å². The SMILES string of the molecule is Cc1c(O)c(O)cc2c1C(=O)[C@@H](C)C2. The van der Waals surface area contributed by atoms with Crippen molar-refractivity contribution in [3.05, 3.63) is 22.8 Å². The third kappa shape index (κ3) is 1.02. The standard InChI is InChI=1S/C11H12O3/c1-5-3-7-4-8(12)11(14)6(2)9(7)10(5)13/h4-5,12,14H,3H2,1-2H3/t5-/m0/s1. The molecular weight excluding hydrogens is 180 g/mol. The Balaban J connectivity index is 2.71. The molecule has 1 aromatic rings. The summed E-state index contributed by atoms with van der Waals surface area (Å²) in [5.41, 5.74) is 1.93. The Kier molecular flexibility index (Phi) is 1.77. The molecule has 2 rings (SSSR count). The van der Waals surface area contributed by atoms with E-state index in [-0.39, 0.29) is 23.2 Å². The molecule has 1 aromatic carbocycles. The lowest BCUT2D eigenvalue weighted by atomic mass is 10.0. The highest BCUT2D eigenvalue weighted by Gasteiger charge is 2.30. The average Bonchev–Trinajstić information content (AvgIpc) is 2.39. The number of fused-ring (bicyclic) bond motifs is 1. The largest absolute Gasteiger partial charge is 0.504 e. The molecule has 0 bridgehead atoms. The first-order valence-electron chi connectivity index (χ1n) is 4.61. The third-order valence-corrected chi connectivity index (χ3v) is 2.82. The summed E-state index contributed by atoms with van der Waals surface area (Å²) >= 11 is 0. The molecule has 0 aliphatic heterocycles. The van der Waals surface area contributed by atoms with Gasteiger partial charge in [-0.15, -0.1) is 0 Å². The van der Waals surface area contributed by atoms with Crippen molar-refractivity contribution < 1.29 is 15.0 Å². The van der Waals surface area contributed by atoms with Gasteiger partial charge < -0.3 is 10.2 Å². The van der Waals surface area contributed by atoms with E-state index in [1.54, 1.807) is 6.92 Å². The van der Waals surface area contributed by atoms with E-state index >= 15 is 0 Å². The Morgan fingerprint density at radius 3 is 2.71 bits per heavy atom. The van der Waals surface area contributed by atoms with Gasteiger partial charge in [-0.2, -0.15) is 0 Å². The fourth-order valence-electron chi connectivity index (χ4n) is 2.03. The fourth-order valence-corrected chi connectivity index (χ4v) is 2.03. The number of phenols is 2.